The molecule has 0 aromatic heterocycles. The largest absolute Gasteiger partial charge is 0.370 e. The van der Waals surface area contributed by atoms with Crippen LogP contribution in [-0.2, 0) is 0 Å². The molecule has 0 saturated heterocycles. The molecule has 1 aliphatic carbocycles. The fourth-order valence-electron chi connectivity index (χ4n) is 2.38. The van der Waals surface area contributed by atoms with Crippen LogP contribution in [0.2, 0.25) is 0 Å². The number of nitrogens with one attached hydrogen (secondary N) is 1. The Morgan fingerprint density at radius 3 is 2.62 bits per heavy atom. The monoisotopic (exact) mass is 225 g/mol. The van der Waals surface area contributed by atoms with Crippen molar-refractivity contribution in [1.29, 1.82) is 0 Å². The minimum atomic E-state index is 0.377. The smallest absolute Gasteiger partial charge is 0.188 e. The molecule has 0 atom stereocenters. The molecule has 0 aromatic carbocycles. The van der Waals surface area contributed by atoms with Crippen molar-refractivity contribution in [2.45, 2.75) is 64.8 Å². The average molecular weight is 225 g/mol. The van der Waals surface area contributed by atoms with Crippen LogP contribution in [0.3, 0.4) is 0 Å². The molecule has 0 radical (unpaired) electrons. The van der Waals surface area contributed by atoms with Gasteiger partial charge in [0.05, 0.1) is 0 Å². The molecule has 0 amide bonds. The lowest BCUT2D eigenvalue weighted by atomic mass is 10.0. The number of unbranched alkanes of at least 4 members (excludes halogenated alkanes) is 1. The standard InChI is InChI=1S/C13H27N3/c1-11(2)16-13(14)15-10-6-5-9-12-7-3-4-8-12/h11-12H,3-10H2,1-2H3,(H3,14,15,16). The van der Waals surface area contributed by atoms with Crippen molar-refractivity contribution in [2.75, 3.05) is 6.54 Å². The van der Waals surface area contributed by atoms with Gasteiger partial charge in [-0.1, -0.05) is 38.5 Å². The number of guanidine groups is 1. The van der Waals surface area contributed by atoms with Gasteiger partial charge in [0, 0.05) is 12.6 Å². The summed E-state index contributed by atoms with van der Waals surface area (Å²) >= 11 is 0. The van der Waals surface area contributed by atoms with Gasteiger partial charge in [0.2, 0.25) is 0 Å². The van der Waals surface area contributed by atoms with Gasteiger partial charge in [0.1, 0.15) is 0 Å². The maximum atomic E-state index is 5.72. The van der Waals surface area contributed by atoms with Crippen molar-refractivity contribution in [1.82, 2.24) is 5.32 Å². The summed E-state index contributed by atoms with van der Waals surface area (Å²) in [4.78, 5) is 4.31. The molecule has 0 aromatic rings. The molecule has 0 aliphatic heterocycles. The molecule has 1 aliphatic rings. The highest BCUT2D eigenvalue weighted by Crippen LogP contribution is 2.28. The van der Waals surface area contributed by atoms with Crippen LogP contribution in [0.25, 0.3) is 0 Å². The van der Waals surface area contributed by atoms with E-state index in [4.69, 9.17) is 5.73 Å². The zero-order valence-corrected chi connectivity index (χ0v) is 10.8. The summed E-state index contributed by atoms with van der Waals surface area (Å²) in [5.74, 6) is 1.60. The summed E-state index contributed by atoms with van der Waals surface area (Å²) in [5.41, 5.74) is 5.72. The molecule has 0 spiro atoms. The minimum absolute atomic E-state index is 0.377. The van der Waals surface area contributed by atoms with Gasteiger partial charge in [-0.25, -0.2) is 0 Å². The fraction of sp³-hybridized carbons (Fsp3) is 0.923. The van der Waals surface area contributed by atoms with Gasteiger partial charge in [-0.3, -0.25) is 4.99 Å². The van der Waals surface area contributed by atoms with E-state index < -0.39 is 0 Å². The van der Waals surface area contributed by atoms with Crippen molar-refractivity contribution < 1.29 is 0 Å². The maximum Gasteiger partial charge on any atom is 0.188 e. The van der Waals surface area contributed by atoms with Crippen molar-refractivity contribution in [3.8, 4) is 0 Å². The van der Waals surface area contributed by atoms with Gasteiger partial charge in [-0.05, 0) is 26.2 Å². The molecule has 16 heavy (non-hydrogen) atoms. The number of rotatable bonds is 6. The Morgan fingerprint density at radius 1 is 1.31 bits per heavy atom. The Hall–Kier alpha value is -0.730. The highest BCUT2D eigenvalue weighted by molar-refractivity contribution is 5.77. The van der Waals surface area contributed by atoms with Gasteiger partial charge >= 0.3 is 0 Å². The maximum absolute atomic E-state index is 5.72. The van der Waals surface area contributed by atoms with Crippen molar-refractivity contribution in [3.63, 3.8) is 0 Å². The van der Waals surface area contributed by atoms with Crippen molar-refractivity contribution in [3.05, 3.63) is 0 Å². The molecule has 0 bridgehead atoms. The molecule has 3 nitrogen and oxygen atoms in total. The van der Waals surface area contributed by atoms with E-state index in [-0.39, 0.29) is 0 Å². The van der Waals surface area contributed by atoms with Crippen LogP contribution in [-0.4, -0.2) is 18.5 Å². The van der Waals surface area contributed by atoms with E-state index in [0.717, 1.165) is 12.5 Å². The fourth-order valence-corrected chi connectivity index (χ4v) is 2.38. The second kappa shape index (κ2) is 7.53. The summed E-state index contributed by atoms with van der Waals surface area (Å²) in [7, 11) is 0. The van der Waals surface area contributed by atoms with Crippen molar-refractivity contribution in [2.24, 2.45) is 16.6 Å². The first-order chi connectivity index (χ1) is 7.68. The lowest BCUT2D eigenvalue weighted by Gasteiger charge is -2.09. The average Bonchev–Trinajstić information content (AvgIpc) is 2.68. The Labute approximate surface area is 99.9 Å². The zero-order chi connectivity index (χ0) is 11.8. The topological polar surface area (TPSA) is 50.4 Å². The van der Waals surface area contributed by atoms with E-state index in [2.05, 4.69) is 24.2 Å². The zero-order valence-electron chi connectivity index (χ0n) is 10.8. The summed E-state index contributed by atoms with van der Waals surface area (Å²) in [6.07, 6.45) is 9.70. The minimum Gasteiger partial charge on any atom is -0.370 e. The van der Waals surface area contributed by atoms with Crippen molar-refractivity contribution >= 4 is 5.96 Å². The van der Waals surface area contributed by atoms with Gasteiger partial charge in [-0.2, -0.15) is 0 Å². The van der Waals surface area contributed by atoms with Gasteiger partial charge in [0.15, 0.2) is 5.96 Å². The van der Waals surface area contributed by atoms with E-state index in [9.17, 15) is 0 Å². The molecule has 1 fully saturated rings. The third-order valence-electron chi connectivity index (χ3n) is 3.21. The predicted molar refractivity (Wildman–Crippen MR) is 70.6 cm³/mol. The normalized spacial score (nSPS) is 18.3. The van der Waals surface area contributed by atoms with Crippen LogP contribution in [0.5, 0.6) is 0 Å². The Kier molecular flexibility index (Phi) is 6.27. The van der Waals surface area contributed by atoms with E-state index in [1.807, 2.05) is 0 Å². The summed E-state index contributed by atoms with van der Waals surface area (Å²) in [6, 6.07) is 0.377. The highest BCUT2D eigenvalue weighted by atomic mass is 15.1. The van der Waals surface area contributed by atoms with Crippen LogP contribution in [0.15, 0.2) is 4.99 Å². The third kappa shape index (κ3) is 5.99. The number of hydrogen-bond donors (Lipinski definition) is 2. The van der Waals surface area contributed by atoms with Gasteiger partial charge in [-0.15, -0.1) is 0 Å². The summed E-state index contributed by atoms with van der Waals surface area (Å²) < 4.78 is 0. The third-order valence-corrected chi connectivity index (χ3v) is 3.21. The van der Waals surface area contributed by atoms with E-state index >= 15 is 0 Å². The number of aliphatic imine (C=N–C) groups is 1. The first kappa shape index (κ1) is 13.3. The molecule has 3 N–H and O–H groups in total. The number of nitrogens with zero attached hydrogens (tertiary/aromatic N) is 1. The lowest BCUT2D eigenvalue weighted by Crippen LogP contribution is -2.36. The van der Waals surface area contributed by atoms with Gasteiger partial charge < -0.3 is 11.1 Å². The molecule has 1 saturated carbocycles. The molecule has 0 heterocycles. The van der Waals surface area contributed by atoms with E-state index in [0.29, 0.717) is 12.0 Å². The van der Waals surface area contributed by atoms with Crippen LogP contribution < -0.4 is 11.1 Å². The lowest BCUT2D eigenvalue weighted by molar-refractivity contribution is 0.476. The first-order valence-electron chi connectivity index (χ1n) is 6.75. The van der Waals surface area contributed by atoms with Crippen LogP contribution in [0.1, 0.15) is 58.8 Å². The van der Waals surface area contributed by atoms with Crippen LogP contribution in [0.4, 0.5) is 0 Å². The second-order valence-electron chi connectivity index (χ2n) is 5.21. The summed E-state index contributed by atoms with van der Waals surface area (Å²) in [5, 5.41) is 3.10. The Bertz CT molecular complexity index is 205. The molecule has 3 heteroatoms. The molecular weight excluding hydrogens is 198 g/mol. The quantitative estimate of drug-likeness (QED) is 0.415. The molecule has 94 valence electrons. The predicted octanol–water partition coefficient (Wildman–Crippen LogP) is 2.66. The van der Waals surface area contributed by atoms with Crippen LogP contribution in [0, 0.1) is 5.92 Å². The van der Waals surface area contributed by atoms with Gasteiger partial charge in [0.25, 0.3) is 0 Å². The number of hydrogen-bond acceptors (Lipinski definition) is 1. The molecule has 1 rings (SSSR count). The SMILES string of the molecule is CC(C)NC(N)=NCCCCC1CCCC1. The number of nitrogens with two attached hydrogens (primary N) is 1. The van der Waals surface area contributed by atoms with E-state index in [1.165, 1.54) is 44.9 Å². The first-order valence-corrected chi connectivity index (χ1v) is 6.75. The molecule has 0 unspecified atom stereocenters. The molecular formula is C13H27N3. The van der Waals surface area contributed by atoms with E-state index in [1.54, 1.807) is 0 Å². The second-order valence-corrected chi connectivity index (χ2v) is 5.21. The highest BCUT2D eigenvalue weighted by Gasteiger charge is 2.13. The Balaban J connectivity index is 1.97. The Morgan fingerprint density at radius 2 is 2.00 bits per heavy atom. The summed E-state index contributed by atoms with van der Waals surface area (Å²) in [6.45, 7) is 5.02. The van der Waals surface area contributed by atoms with Crippen LogP contribution >= 0.6 is 0 Å².